The number of carbonyl (C=O) groups is 1. The fourth-order valence-corrected chi connectivity index (χ4v) is 2.01. The van der Waals surface area contributed by atoms with Gasteiger partial charge in [0.2, 0.25) is 5.56 Å². The summed E-state index contributed by atoms with van der Waals surface area (Å²) in [7, 11) is 0. The number of carbonyl (C=O) groups excluding carboxylic acids is 1. The van der Waals surface area contributed by atoms with Gasteiger partial charge in [0.15, 0.2) is 0 Å². The molecule has 0 bridgehead atoms. The number of hydrogen-bond acceptors (Lipinski definition) is 3. The molecule has 1 aromatic carbocycles. The lowest BCUT2D eigenvalue weighted by Gasteiger charge is -2.13. The first kappa shape index (κ1) is 14.8. The highest BCUT2D eigenvalue weighted by Crippen LogP contribution is 2.12. The van der Waals surface area contributed by atoms with Crippen LogP contribution in [-0.2, 0) is 6.42 Å². The van der Waals surface area contributed by atoms with Gasteiger partial charge in [-0.25, -0.2) is 0 Å². The number of aromatic hydroxyl groups is 1. The Bertz CT molecular complexity index is 662. The van der Waals surface area contributed by atoms with Crippen molar-refractivity contribution in [3.05, 3.63) is 64.1 Å². The molecule has 1 aromatic heterocycles. The zero-order chi connectivity index (χ0) is 15.2. The van der Waals surface area contributed by atoms with E-state index in [4.69, 9.17) is 0 Å². The number of pyridine rings is 1. The monoisotopic (exact) mass is 286 g/mol. The second-order valence-corrected chi connectivity index (χ2v) is 5.02. The fourth-order valence-electron chi connectivity index (χ4n) is 2.01. The van der Waals surface area contributed by atoms with Gasteiger partial charge in [0.25, 0.3) is 5.91 Å². The van der Waals surface area contributed by atoms with Crippen molar-refractivity contribution >= 4 is 5.91 Å². The number of phenols is 1. The molecule has 1 unspecified atom stereocenters. The zero-order valence-electron chi connectivity index (χ0n) is 11.8. The van der Waals surface area contributed by atoms with Crippen LogP contribution in [0.1, 0.15) is 29.3 Å². The summed E-state index contributed by atoms with van der Waals surface area (Å²) in [6.45, 7) is 1.92. The van der Waals surface area contributed by atoms with E-state index >= 15 is 0 Å². The summed E-state index contributed by atoms with van der Waals surface area (Å²) in [4.78, 5) is 25.6. The minimum absolute atomic E-state index is 0.00871. The summed E-state index contributed by atoms with van der Waals surface area (Å²) in [5, 5.41) is 12.1. The predicted octanol–water partition coefficient (Wildman–Crippen LogP) is 1.83. The average molecular weight is 286 g/mol. The van der Waals surface area contributed by atoms with Gasteiger partial charge in [-0.15, -0.1) is 0 Å². The van der Waals surface area contributed by atoms with Gasteiger partial charge in [-0.05, 0) is 43.5 Å². The SMILES string of the molecule is CC(CCc1ccc(O)cc1)NC(=O)c1cc[nH]c(=O)c1. The predicted molar refractivity (Wildman–Crippen MR) is 80.4 cm³/mol. The molecule has 5 heteroatoms. The molecule has 21 heavy (non-hydrogen) atoms. The maximum atomic E-state index is 12.0. The first-order valence-electron chi connectivity index (χ1n) is 6.82. The maximum Gasteiger partial charge on any atom is 0.251 e. The lowest BCUT2D eigenvalue weighted by molar-refractivity contribution is 0.0938. The number of rotatable bonds is 5. The van der Waals surface area contributed by atoms with Crippen LogP contribution >= 0.6 is 0 Å². The highest BCUT2D eigenvalue weighted by Gasteiger charge is 2.10. The summed E-state index contributed by atoms with van der Waals surface area (Å²) in [6, 6.07) is 9.86. The third kappa shape index (κ3) is 4.49. The number of benzene rings is 1. The van der Waals surface area contributed by atoms with E-state index in [-0.39, 0.29) is 23.3 Å². The van der Waals surface area contributed by atoms with E-state index in [1.165, 1.54) is 12.3 Å². The Morgan fingerprint density at radius 3 is 2.67 bits per heavy atom. The van der Waals surface area contributed by atoms with Crippen LogP contribution in [-0.4, -0.2) is 22.0 Å². The number of H-pyrrole nitrogens is 1. The quantitative estimate of drug-likeness (QED) is 0.784. The molecule has 0 aliphatic rings. The normalized spacial score (nSPS) is 11.9. The fraction of sp³-hybridized carbons (Fsp3) is 0.250. The van der Waals surface area contributed by atoms with Gasteiger partial charge in [-0.1, -0.05) is 12.1 Å². The number of amides is 1. The Kier molecular flexibility index (Phi) is 4.77. The number of hydrogen-bond donors (Lipinski definition) is 3. The van der Waals surface area contributed by atoms with Crippen LogP contribution in [0.25, 0.3) is 0 Å². The summed E-state index contributed by atoms with van der Waals surface area (Å²) in [5.74, 6) is -0.00583. The number of nitrogens with one attached hydrogen (secondary N) is 2. The van der Waals surface area contributed by atoms with E-state index in [9.17, 15) is 14.7 Å². The van der Waals surface area contributed by atoms with Crippen LogP contribution in [0.15, 0.2) is 47.4 Å². The third-order valence-corrected chi connectivity index (χ3v) is 3.22. The Balaban J connectivity index is 1.86. The molecule has 0 spiro atoms. The van der Waals surface area contributed by atoms with Gasteiger partial charge in [-0.3, -0.25) is 9.59 Å². The number of aromatic nitrogens is 1. The van der Waals surface area contributed by atoms with Gasteiger partial charge in [0, 0.05) is 23.9 Å². The van der Waals surface area contributed by atoms with Crippen LogP contribution in [0, 0.1) is 0 Å². The summed E-state index contributed by atoms with van der Waals surface area (Å²) in [6.07, 6.45) is 3.04. The number of aromatic amines is 1. The second kappa shape index (κ2) is 6.74. The van der Waals surface area contributed by atoms with E-state index in [1.807, 2.05) is 19.1 Å². The van der Waals surface area contributed by atoms with Crippen LogP contribution in [0.5, 0.6) is 5.75 Å². The highest BCUT2D eigenvalue weighted by molar-refractivity contribution is 5.94. The third-order valence-electron chi connectivity index (χ3n) is 3.22. The summed E-state index contributed by atoms with van der Waals surface area (Å²) >= 11 is 0. The van der Waals surface area contributed by atoms with Crippen LogP contribution in [0.4, 0.5) is 0 Å². The topological polar surface area (TPSA) is 82.2 Å². The molecule has 0 aliphatic heterocycles. The minimum Gasteiger partial charge on any atom is -0.508 e. The van der Waals surface area contributed by atoms with Crippen molar-refractivity contribution < 1.29 is 9.90 Å². The molecule has 0 saturated heterocycles. The van der Waals surface area contributed by atoms with E-state index in [0.29, 0.717) is 5.56 Å². The Morgan fingerprint density at radius 1 is 1.29 bits per heavy atom. The highest BCUT2D eigenvalue weighted by atomic mass is 16.3. The molecule has 0 aliphatic carbocycles. The van der Waals surface area contributed by atoms with Gasteiger partial charge in [-0.2, -0.15) is 0 Å². The van der Waals surface area contributed by atoms with E-state index < -0.39 is 0 Å². The molecule has 0 saturated carbocycles. The Labute approximate surface area is 122 Å². The minimum atomic E-state index is -0.292. The molecular formula is C16H18N2O3. The van der Waals surface area contributed by atoms with E-state index in [0.717, 1.165) is 18.4 Å². The Hall–Kier alpha value is -2.56. The first-order chi connectivity index (χ1) is 10.0. The van der Waals surface area contributed by atoms with Crippen LogP contribution in [0.3, 0.4) is 0 Å². The lowest BCUT2D eigenvalue weighted by Crippen LogP contribution is -2.33. The van der Waals surface area contributed by atoms with Crippen molar-refractivity contribution in [1.29, 1.82) is 0 Å². The molecule has 1 heterocycles. The number of aryl methyl sites for hydroxylation is 1. The van der Waals surface area contributed by atoms with Gasteiger partial charge in [0.1, 0.15) is 5.75 Å². The second-order valence-electron chi connectivity index (χ2n) is 5.02. The van der Waals surface area contributed by atoms with E-state index in [1.54, 1.807) is 18.2 Å². The number of phenolic OH excluding ortho intramolecular Hbond substituents is 1. The molecule has 1 amide bonds. The molecule has 3 N–H and O–H groups in total. The van der Waals surface area contributed by atoms with Gasteiger partial charge < -0.3 is 15.4 Å². The van der Waals surface area contributed by atoms with Crippen LogP contribution in [0.2, 0.25) is 0 Å². The molecule has 1 atom stereocenters. The standard InChI is InChI=1S/C16H18N2O3/c1-11(2-3-12-4-6-14(19)7-5-12)18-16(21)13-8-9-17-15(20)10-13/h4-11,19H,2-3H2,1H3,(H,17,20)(H,18,21). The molecule has 2 rings (SSSR count). The zero-order valence-corrected chi connectivity index (χ0v) is 11.8. The molecule has 0 radical (unpaired) electrons. The van der Waals surface area contributed by atoms with Crippen molar-refractivity contribution in [2.45, 2.75) is 25.8 Å². The van der Waals surface area contributed by atoms with Crippen LogP contribution < -0.4 is 10.9 Å². The van der Waals surface area contributed by atoms with Gasteiger partial charge in [0.05, 0.1) is 0 Å². The van der Waals surface area contributed by atoms with Crippen molar-refractivity contribution in [2.24, 2.45) is 0 Å². The first-order valence-corrected chi connectivity index (χ1v) is 6.82. The van der Waals surface area contributed by atoms with Crippen molar-refractivity contribution in [1.82, 2.24) is 10.3 Å². The molecule has 5 nitrogen and oxygen atoms in total. The molecule has 0 fully saturated rings. The van der Waals surface area contributed by atoms with Crippen molar-refractivity contribution in [3.63, 3.8) is 0 Å². The molecule has 2 aromatic rings. The smallest absolute Gasteiger partial charge is 0.251 e. The largest absolute Gasteiger partial charge is 0.508 e. The molecule has 110 valence electrons. The van der Waals surface area contributed by atoms with Gasteiger partial charge >= 0.3 is 0 Å². The lowest BCUT2D eigenvalue weighted by atomic mass is 10.1. The van der Waals surface area contributed by atoms with Crippen molar-refractivity contribution in [3.8, 4) is 5.75 Å². The summed E-state index contributed by atoms with van der Waals surface area (Å²) in [5.41, 5.74) is 1.17. The average Bonchev–Trinajstić information content (AvgIpc) is 2.46. The Morgan fingerprint density at radius 2 is 2.00 bits per heavy atom. The van der Waals surface area contributed by atoms with E-state index in [2.05, 4.69) is 10.3 Å². The molecular weight excluding hydrogens is 268 g/mol. The summed E-state index contributed by atoms with van der Waals surface area (Å²) < 4.78 is 0. The van der Waals surface area contributed by atoms with Crippen molar-refractivity contribution in [2.75, 3.05) is 0 Å². The maximum absolute atomic E-state index is 12.0.